The number of benzene rings is 2. The van der Waals surface area contributed by atoms with Gasteiger partial charge in [-0.1, -0.05) is 12.1 Å². The molecule has 0 saturated heterocycles. The van der Waals surface area contributed by atoms with Gasteiger partial charge in [-0.3, -0.25) is 0 Å². The van der Waals surface area contributed by atoms with Crippen molar-refractivity contribution in [3.05, 3.63) is 58.5 Å². The van der Waals surface area contributed by atoms with Crippen molar-refractivity contribution in [2.75, 3.05) is 6.61 Å². The van der Waals surface area contributed by atoms with Crippen LogP contribution in [0.15, 0.2) is 52.3 Å². The predicted octanol–water partition coefficient (Wildman–Crippen LogP) is 2.06. The number of aromatic hydroxyl groups is 1. The van der Waals surface area contributed by atoms with E-state index in [0.717, 1.165) is 5.56 Å². The lowest BCUT2D eigenvalue weighted by atomic mass is 10.1. The molecule has 22 heavy (non-hydrogen) atoms. The second kappa shape index (κ2) is 5.47. The third-order valence-corrected chi connectivity index (χ3v) is 5.40. The summed E-state index contributed by atoms with van der Waals surface area (Å²) in [5.74, 6) is 0.615. The second-order valence-electron chi connectivity index (χ2n) is 4.93. The summed E-state index contributed by atoms with van der Waals surface area (Å²) in [5.41, 5.74) is 7.10. The van der Waals surface area contributed by atoms with Crippen LogP contribution in [0.2, 0.25) is 0 Å². The molecule has 5 nitrogen and oxygen atoms in total. The standard InChI is InChI=1S/C16H15NO4S/c17-9-11-2-1-3-16-15(11)8-14(22(16,19)20)10-21-13-6-4-12(18)5-7-13/h1-8,18H,9-10,17H2. The number of rotatable bonds is 4. The average molecular weight is 317 g/mol. The van der Waals surface area contributed by atoms with E-state index in [1.165, 1.54) is 12.1 Å². The summed E-state index contributed by atoms with van der Waals surface area (Å²) < 4.78 is 30.5. The van der Waals surface area contributed by atoms with Crippen molar-refractivity contribution in [2.45, 2.75) is 11.4 Å². The summed E-state index contributed by atoms with van der Waals surface area (Å²) in [6, 6.07) is 11.2. The number of hydrogen-bond acceptors (Lipinski definition) is 5. The van der Waals surface area contributed by atoms with Gasteiger partial charge < -0.3 is 15.6 Å². The van der Waals surface area contributed by atoms with Crippen molar-refractivity contribution in [3.63, 3.8) is 0 Å². The molecule has 3 N–H and O–H groups in total. The zero-order valence-corrected chi connectivity index (χ0v) is 12.5. The molecule has 2 aromatic carbocycles. The molecule has 0 unspecified atom stereocenters. The highest BCUT2D eigenvalue weighted by Gasteiger charge is 2.31. The molecule has 0 bridgehead atoms. The Hall–Kier alpha value is -2.31. The Morgan fingerprint density at radius 2 is 1.82 bits per heavy atom. The number of phenols is 1. The quantitative estimate of drug-likeness (QED) is 0.901. The van der Waals surface area contributed by atoms with E-state index in [2.05, 4.69) is 0 Å². The van der Waals surface area contributed by atoms with E-state index < -0.39 is 9.84 Å². The maximum Gasteiger partial charge on any atom is 0.206 e. The lowest BCUT2D eigenvalue weighted by Gasteiger charge is -2.07. The van der Waals surface area contributed by atoms with Crippen molar-refractivity contribution < 1.29 is 18.3 Å². The first kappa shape index (κ1) is 14.6. The molecule has 0 radical (unpaired) electrons. The molecule has 0 atom stereocenters. The van der Waals surface area contributed by atoms with E-state index in [9.17, 15) is 13.5 Å². The Kier molecular flexibility index (Phi) is 3.64. The SMILES string of the molecule is NCc1cccc2c1C=C(COc1ccc(O)cc1)S2(=O)=O. The first-order valence-corrected chi connectivity index (χ1v) is 8.20. The van der Waals surface area contributed by atoms with Gasteiger partial charge in [0, 0.05) is 6.54 Å². The van der Waals surface area contributed by atoms with Gasteiger partial charge in [0.2, 0.25) is 9.84 Å². The maximum atomic E-state index is 12.5. The number of phenolic OH excluding ortho intramolecular Hbond substituents is 1. The van der Waals surface area contributed by atoms with Crippen LogP contribution in [-0.4, -0.2) is 20.1 Å². The van der Waals surface area contributed by atoms with Gasteiger partial charge in [-0.2, -0.15) is 0 Å². The first-order valence-electron chi connectivity index (χ1n) is 6.72. The number of nitrogens with two attached hydrogens (primary N) is 1. The van der Waals surface area contributed by atoms with Gasteiger partial charge in [0.05, 0.1) is 9.80 Å². The molecule has 1 heterocycles. The third kappa shape index (κ3) is 2.47. The number of sulfone groups is 1. The van der Waals surface area contributed by atoms with Gasteiger partial charge in [0.1, 0.15) is 18.1 Å². The molecule has 1 aliphatic rings. The van der Waals surface area contributed by atoms with Crippen LogP contribution in [0.1, 0.15) is 11.1 Å². The van der Waals surface area contributed by atoms with E-state index >= 15 is 0 Å². The zero-order chi connectivity index (χ0) is 15.7. The lowest BCUT2D eigenvalue weighted by Crippen LogP contribution is -2.09. The van der Waals surface area contributed by atoms with Crippen LogP contribution in [0.3, 0.4) is 0 Å². The lowest BCUT2D eigenvalue weighted by molar-refractivity contribution is 0.358. The fourth-order valence-electron chi connectivity index (χ4n) is 2.36. The highest BCUT2D eigenvalue weighted by Crippen LogP contribution is 2.35. The van der Waals surface area contributed by atoms with Gasteiger partial charge in [-0.05, 0) is 47.5 Å². The smallest absolute Gasteiger partial charge is 0.206 e. The molecule has 0 amide bonds. The molecular formula is C16H15NO4S. The number of hydrogen-bond donors (Lipinski definition) is 2. The largest absolute Gasteiger partial charge is 0.508 e. The fourth-order valence-corrected chi connectivity index (χ4v) is 3.87. The van der Waals surface area contributed by atoms with E-state index in [-0.39, 0.29) is 28.7 Å². The van der Waals surface area contributed by atoms with Gasteiger partial charge in [0.15, 0.2) is 0 Å². The van der Waals surface area contributed by atoms with Gasteiger partial charge >= 0.3 is 0 Å². The monoisotopic (exact) mass is 317 g/mol. The van der Waals surface area contributed by atoms with Crippen molar-refractivity contribution in [1.82, 2.24) is 0 Å². The zero-order valence-electron chi connectivity index (χ0n) is 11.7. The summed E-state index contributed by atoms with van der Waals surface area (Å²) in [5, 5.41) is 9.22. The molecule has 0 spiro atoms. The minimum atomic E-state index is -3.53. The van der Waals surface area contributed by atoms with Crippen LogP contribution >= 0.6 is 0 Å². The highest BCUT2D eigenvalue weighted by atomic mass is 32.2. The Morgan fingerprint density at radius 3 is 2.50 bits per heavy atom. The Bertz CT molecular complexity index is 839. The minimum absolute atomic E-state index is 0.0637. The summed E-state index contributed by atoms with van der Waals surface area (Å²) in [4.78, 5) is 0.483. The van der Waals surface area contributed by atoms with Crippen LogP contribution in [0, 0.1) is 0 Å². The molecule has 0 saturated carbocycles. The molecular weight excluding hydrogens is 302 g/mol. The van der Waals surface area contributed by atoms with E-state index in [1.54, 1.807) is 30.3 Å². The summed E-state index contributed by atoms with van der Waals surface area (Å²) in [6.45, 7) is 0.215. The molecule has 114 valence electrons. The van der Waals surface area contributed by atoms with Crippen LogP contribution < -0.4 is 10.5 Å². The normalized spacial score (nSPS) is 15.2. The van der Waals surface area contributed by atoms with Crippen LogP contribution in [0.4, 0.5) is 0 Å². The molecule has 0 aliphatic carbocycles. The highest BCUT2D eigenvalue weighted by molar-refractivity contribution is 7.95. The van der Waals surface area contributed by atoms with Crippen molar-refractivity contribution in [3.8, 4) is 11.5 Å². The maximum absolute atomic E-state index is 12.5. The first-order chi connectivity index (χ1) is 10.5. The molecule has 1 aliphatic heterocycles. The van der Waals surface area contributed by atoms with Crippen molar-refractivity contribution in [2.24, 2.45) is 5.73 Å². The van der Waals surface area contributed by atoms with Crippen LogP contribution in [-0.2, 0) is 16.4 Å². The number of fused-ring (bicyclic) bond motifs is 1. The topological polar surface area (TPSA) is 89.6 Å². The van der Waals surface area contributed by atoms with E-state index in [1.807, 2.05) is 6.07 Å². The van der Waals surface area contributed by atoms with Crippen LogP contribution in [0.5, 0.6) is 11.5 Å². The Morgan fingerprint density at radius 1 is 1.09 bits per heavy atom. The Labute approximate surface area is 128 Å². The molecule has 2 aromatic rings. The van der Waals surface area contributed by atoms with Crippen molar-refractivity contribution >= 4 is 15.9 Å². The second-order valence-corrected chi connectivity index (χ2v) is 6.90. The van der Waals surface area contributed by atoms with Crippen LogP contribution in [0.25, 0.3) is 6.08 Å². The summed E-state index contributed by atoms with van der Waals surface area (Å²) in [7, 11) is -3.53. The molecule has 3 rings (SSSR count). The molecule has 0 aromatic heterocycles. The van der Waals surface area contributed by atoms with Gasteiger partial charge in [0.25, 0.3) is 0 Å². The summed E-state index contributed by atoms with van der Waals surface area (Å²) in [6.07, 6.45) is 1.62. The van der Waals surface area contributed by atoms with E-state index in [0.29, 0.717) is 11.3 Å². The molecule has 6 heteroatoms. The predicted molar refractivity (Wildman–Crippen MR) is 83.1 cm³/mol. The minimum Gasteiger partial charge on any atom is -0.508 e. The fraction of sp³-hybridized carbons (Fsp3) is 0.125. The Balaban J connectivity index is 1.87. The van der Waals surface area contributed by atoms with Crippen molar-refractivity contribution in [1.29, 1.82) is 0 Å². The van der Waals surface area contributed by atoms with Gasteiger partial charge in [-0.15, -0.1) is 0 Å². The summed E-state index contributed by atoms with van der Waals surface area (Å²) >= 11 is 0. The van der Waals surface area contributed by atoms with E-state index in [4.69, 9.17) is 10.5 Å². The number of ether oxygens (including phenoxy) is 1. The molecule has 0 fully saturated rings. The van der Waals surface area contributed by atoms with Gasteiger partial charge in [-0.25, -0.2) is 8.42 Å². The third-order valence-electron chi connectivity index (χ3n) is 3.53. The average Bonchev–Trinajstić information content (AvgIpc) is 2.78.